The molecule has 0 aliphatic carbocycles. The van der Waals surface area contributed by atoms with Crippen LogP contribution in [0.4, 0.5) is 5.69 Å². The number of nitrogens with two attached hydrogens (primary N) is 1. The molecule has 194 valence electrons. The third-order valence-corrected chi connectivity index (χ3v) is 6.62. The second-order valence-corrected chi connectivity index (χ2v) is 9.02. The van der Waals surface area contributed by atoms with Crippen molar-refractivity contribution in [3.8, 4) is 6.07 Å². The molecular formula is C30H35N3O4. The molecule has 1 heterocycles. The molecule has 3 rings (SSSR count). The molecule has 0 radical (unpaired) electrons. The Balaban J connectivity index is 2.04. The minimum atomic E-state index is -0.879. The highest BCUT2D eigenvalue weighted by molar-refractivity contribution is 6.06. The van der Waals surface area contributed by atoms with Crippen molar-refractivity contribution < 1.29 is 19.1 Å². The zero-order valence-corrected chi connectivity index (χ0v) is 21.8. The molecule has 1 aliphatic rings. The van der Waals surface area contributed by atoms with Gasteiger partial charge in [0, 0.05) is 5.69 Å². The molecule has 0 bridgehead atoms. The molecule has 7 heteroatoms. The number of ether oxygens (including phenoxy) is 2. The average molecular weight is 502 g/mol. The Kier molecular flexibility index (Phi) is 9.91. The van der Waals surface area contributed by atoms with Crippen molar-refractivity contribution in [2.75, 3.05) is 19.1 Å². The van der Waals surface area contributed by atoms with Gasteiger partial charge in [0.1, 0.15) is 11.5 Å². The van der Waals surface area contributed by atoms with Gasteiger partial charge in [-0.05, 0) is 36.1 Å². The number of nitriles is 1. The first kappa shape index (κ1) is 27.5. The van der Waals surface area contributed by atoms with Gasteiger partial charge in [0.25, 0.3) is 0 Å². The molecule has 0 spiro atoms. The summed E-state index contributed by atoms with van der Waals surface area (Å²) in [6.07, 6.45) is 8.26. The zero-order chi connectivity index (χ0) is 26.8. The number of aryl methyl sites for hydroxylation is 1. The van der Waals surface area contributed by atoms with Crippen LogP contribution in [0, 0.1) is 11.3 Å². The maximum absolute atomic E-state index is 13.1. The fraction of sp³-hybridized carbons (Fsp3) is 0.367. The maximum Gasteiger partial charge on any atom is 0.355 e. The van der Waals surface area contributed by atoms with Crippen LogP contribution in [0.1, 0.15) is 62.5 Å². The number of nitrogens with zero attached hydrogens (tertiary/aromatic N) is 2. The van der Waals surface area contributed by atoms with Crippen molar-refractivity contribution in [1.82, 2.24) is 0 Å². The quantitative estimate of drug-likeness (QED) is 0.321. The van der Waals surface area contributed by atoms with Crippen molar-refractivity contribution in [2.45, 2.75) is 57.8 Å². The first-order valence-corrected chi connectivity index (χ1v) is 12.7. The summed E-state index contributed by atoms with van der Waals surface area (Å²) in [5.74, 6) is -2.30. The van der Waals surface area contributed by atoms with Crippen molar-refractivity contribution in [3.63, 3.8) is 0 Å². The maximum atomic E-state index is 13.1. The summed E-state index contributed by atoms with van der Waals surface area (Å²) in [5.41, 5.74) is 8.98. The topological polar surface area (TPSA) is 106 Å². The van der Waals surface area contributed by atoms with Crippen LogP contribution in [0.2, 0.25) is 0 Å². The highest BCUT2D eigenvalue weighted by Gasteiger charge is 2.42. The number of rotatable bonds is 11. The average Bonchev–Trinajstić information content (AvgIpc) is 2.94. The van der Waals surface area contributed by atoms with Crippen LogP contribution in [0.25, 0.3) is 0 Å². The number of hydrogen-bond acceptors (Lipinski definition) is 7. The number of benzene rings is 2. The van der Waals surface area contributed by atoms with Crippen LogP contribution >= 0.6 is 0 Å². The molecule has 7 nitrogen and oxygen atoms in total. The molecule has 0 aromatic heterocycles. The highest BCUT2D eigenvalue weighted by atomic mass is 16.5. The van der Waals surface area contributed by atoms with E-state index in [1.54, 1.807) is 24.3 Å². The fourth-order valence-corrected chi connectivity index (χ4v) is 4.70. The van der Waals surface area contributed by atoms with Crippen LogP contribution in [-0.2, 0) is 25.5 Å². The van der Waals surface area contributed by atoms with Crippen LogP contribution in [0.15, 0.2) is 77.3 Å². The molecule has 2 aromatic rings. The van der Waals surface area contributed by atoms with Gasteiger partial charge in [-0.1, -0.05) is 81.5 Å². The summed E-state index contributed by atoms with van der Waals surface area (Å²) in [4.78, 5) is 27.7. The number of carbonyl (C=O) groups is 2. The Morgan fingerprint density at radius 1 is 0.919 bits per heavy atom. The molecule has 0 saturated heterocycles. The van der Waals surface area contributed by atoms with Crippen LogP contribution < -0.4 is 10.6 Å². The van der Waals surface area contributed by atoms with E-state index in [2.05, 4.69) is 13.0 Å². The Morgan fingerprint density at radius 3 is 2.14 bits per heavy atom. The van der Waals surface area contributed by atoms with Gasteiger partial charge in [-0.2, -0.15) is 5.26 Å². The Hall–Kier alpha value is -4.05. The van der Waals surface area contributed by atoms with E-state index in [0.29, 0.717) is 11.3 Å². The third kappa shape index (κ3) is 6.21. The highest BCUT2D eigenvalue weighted by Crippen LogP contribution is 2.43. The predicted molar refractivity (Wildman–Crippen MR) is 143 cm³/mol. The molecule has 0 fully saturated rings. The molecule has 1 unspecified atom stereocenters. The van der Waals surface area contributed by atoms with Crippen LogP contribution in [-0.4, -0.2) is 26.2 Å². The van der Waals surface area contributed by atoms with Gasteiger partial charge < -0.3 is 15.2 Å². The van der Waals surface area contributed by atoms with E-state index in [1.165, 1.54) is 56.8 Å². The van der Waals surface area contributed by atoms with Gasteiger partial charge in [0.05, 0.1) is 37.4 Å². The van der Waals surface area contributed by atoms with Gasteiger partial charge in [-0.15, -0.1) is 0 Å². The van der Waals surface area contributed by atoms with Gasteiger partial charge in [-0.25, -0.2) is 9.59 Å². The largest absolute Gasteiger partial charge is 0.466 e. The molecule has 1 aliphatic heterocycles. The summed E-state index contributed by atoms with van der Waals surface area (Å²) in [7, 11) is 2.48. The number of hydrogen-bond donors (Lipinski definition) is 1. The third-order valence-electron chi connectivity index (χ3n) is 6.62. The molecule has 0 saturated carbocycles. The smallest absolute Gasteiger partial charge is 0.355 e. The number of methoxy groups -OCH3 is 2. The number of carbonyl (C=O) groups excluding carboxylic acids is 2. The van der Waals surface area contributed by atoms with Crippen molar-refractivity contribution >= 4 is 17.6 Å². The molecule has 1 atom stereocenters. The lowest BCUT2D eigenvalue weighted by atomic mass is 9.81. The molecule has 2 aromatic carbocycles. The molecule has 0 amide bonds. The van der Waals surface area contributed by atoms with E-state index in [1.807, 2.05) is 30.3 Å². The monoisotopic (exact) mass is 501 g/mol. The van der Waals surface area contributed by atoms with Gasteiger partial charge in [0.2, 0.25) is 0 Å². The zero-order valence-electron chi connectivity index (χ0n) is 21.8. The second kappa shape index (κ2) is 13.3. The summed E-state index contributed by atoms with van der Waals surface area (Å²) in [6, 6.07) is 18.8. The van der Waals surface area contributed by atoms with E-state index < -0.39 is 17.9 Å². The number of allylic oxidation sites excluding steroid dienone is 1. The molecular weight excluding hydrogens is 466 g/mol. The first-order chi connectivity index (χ1) is 18.0. The lowest BCUT2D eigenvalue weighted by Crippen LogP contribution is -2.40. The lowest BCUT2D eigenvalue weighted by Gasteiger charge is -2.36. The van der Waals surface area contributed by atoms with E-state index in [-0.39, 0.29) is 22.7 Å². The number of anilines is 1. The normalized spacial score (nSPS) is 15.4. The first-order valence-electron chi connectivity index (χ1n) is 12.7. The van der Waals surface area contributed by atoms with Crippen LogP contribution in [0.3, 0.4) is 0 Å². The molecule has 37 heavy (non-hydrogen) atoms. The Morgan fingerprint density at radius 2 is 1.54 bits per heavy atom. The van der Waals surface area contributed by atoms with Crippen molar-refractivity contribution in [1.29, 1.82) is 5.26 Å². The number of esters is 2. The molecule has 2 N–H and O–H groups in total. The summed E-state index contributed by atoms with van der Waals surface area (Å²) >= 11 is 0. The van der Waals surface area contributed by atoms with Crippen molar-refractivity contribution in [2.24, 2.45) is 5.73 Å². The van der Waals surface area contributed by atoms with E-state index >= 15 is 0 Å². The Labute approximate surface area is 219 Å². The lowest BCUT2D eigenvalue weighted by molar-refractivity contribution is -0.139. The van der Waals surface area contributed by atoms with E-state index in [4.69, 9.17) is 15.2 Å². The number of unbranched alkanes of at least 4 members (excludes halogenated alkanes) is 5. The summed E-state index contributed by atoms with van der Waals surface area (Å²) < 4.78 is 10.2. The summed E-state index contributed by atoms with van der Waals surface area (Å²) in [6.45, 7) is 2.21. The van der Waals surface area contributed by atoms with Crippen LogP contribution in [0.5, 0.6) is 0 Å². The van der Waals surface area contributed by atoms with E-state index in [0.717, 1.165) is 12.8 Å². The second-order valence-electron chi connectivity index (χ2n) is 9.02. The SMILES string of the molecule is CCCCCCCCc1ccc(N2C(N)=C(C#N)C(c3ccccc3)C(C(=O)OC)=C2C(=O)OC)cc1. The predicted octanol–water partition coefficient (Wildman–Crippen LogP) is 5.49. The Bertz CT molecular complexity index is 1190. The van der Waals surface area contributed by atoms with Gasteiger partial charge in [-0.3, -0.25) is 4.90 Å². The summed E-state index contributed by atoms with van der Waals surface area (Å²) in [5, 5.41) is 10.1. The van der Waals surface area contributed by atoms with Crippen molar-refractivity contribution in [3.05, 3.63) is 88.4 Å². The van der Waals surface area contributed by atoms with Gasteiger partial charge >= 0.3 is 11.9 Å². The fourth-order valence-electron chi connectivity index (χ4n) is 4.70. The minimum Gasteiger partial charge on any atom is -0.466 e. The standard InChI is InChI=1S/C30H35N3O4/c1-4-5-6-7-8-10-13-21-16-18-23(19-17-21)33-27(30(35)37-3)26(29(34)36-2)25(24(20-31)28(33)32)22-14-11-9-12-15-22/h9,11-12,14-19,25H,4-8,10,13,32H2,1-3H3. The van der Waals surface area contributed by atoms with E-state index in [9.17, 15) is 14.9 Å². The minimum absolute atomic E-state index is 0.00227. The van der Waals surface area contributed by atoms with Gasteiger partial charge in [0.15, 0.2) is 0 Å².